The summed E-state index contributed by atoms with van der Waals surface area (Å²) in [5, 5.41) is 8.87. The molecular weight excluding hydrogens is 233 g/mol. The van der Waals surface area contributed by atoms with Crippen LogP contribution in [0, 0.1) is 23.1 Å². The highest BCUT2D eigenvalue weighted by molar-refractivity contribution is 5.97. The van der Waals surface area contributed by atoms with E-state index in [0.29, 0.717) is 0 Å². The predicted octanol–water partition coefficient (Wildman–Crippen LogP) is 2.93. The van der Waals surface area contributed by atoms with E-state index >= 15 is 0 Å². The third-order valence-corrected chi connectivity index (χ3v) is 2.09. The van der Waals surface area contributed by atoms with Crippen LogP contribution in [0.4, 0.5) is 4.39 Å². The van der Waals surface area contributed by atoms with Crippen molar-refractivity contribution in [3.63, 3.8) is 0 Å². The minimum atomic E-state index is -0.727. The van der Waals surface area contributed by atoms with Gasteiger partial charge in [-0.15, -0.1) is 0 Å². The molecule has 0 amide bonds. The van der Waals surface area contributed by atoms with Gasteiger partial charge in [0.1, 0.15) is 17.5 Å². The van der Waals surface area contributed by atoms with Gasteiger partial charge in [-0.1, -0.05) is 32.0 Å². The molecule has 0 aliphatic carbocycles. The molecule has 3 nitrogen and oxygen atoms in total. The topological polar surface area (TPSA) is 50.1 Å². The Labute approximate surface area is 105 Å². The van der Waals surface area contributed by atoms with Crippen molar-refractivity contribution in [1.29, 1.82) is 5.26 Å². The molecule has 1 aromatic rings. The van der Waals surface area contributed by atoms with Crippen molar-refractivity contribution >= 4 is 12.0 Å². The normalized spacial score (nSPS) is 11.2. The molecule has 0 aliphatic rings. The molecule has 0 atom stereocenters. The molecule has 0 radical (unpaired) electrons. The summed E-state index contributed by atoms with van der Waals surface area (Å²) < 4.78 is 18.3. The van der Waals surface area contributed by atoms with Crippen LogP contribution in [0.15, 0.2) is 29.8 Å². The molecule has 0 aliphatic heterocycles. The molecule has 0 saturated carbocycles. The van der Waals surface area contributed by atoms with Crippen molar-refractivity contribution in [1.82, 2.24) is 0 Å². The van der Waals surface area contributed by atoms with Gasteiger partial charge >= 0.3 is 5.97 Å². The summed E-state index contributed by atoms with van der Waals surface area (Å²) in [4.78, 5) is 11.6. The van der Waals surface area contributed by atoms with Crippen LogP contribution >= 0.6 is 0 Å². The molecule has 0 bridgehead atoms. The number of benzene rings is 1. The SMILES string of the molecule is CC(C)COC(=O)C(C#N)=Cc1ccccc1F. The van der Waals surface area contributed by atoms with E-state index in [0.717, 1.165) is 0 Å². The molecule has 1 aromatic carbocycles. The van der Waals surface area contributed by atoms with E-state index < -0.39 is 11.8 Å². The van der Waals surface area contributed by atoms with Gasteiger partial charge in [0.05, 0.1) is 6.61 Å². The van der Waals surface area contributed by atoms with Crippen molar-refractivity contribution in [3.05, 3.63) is 41.2 Å². The van der Waals surface area contributed by atoms with Gasteiger partial charge in [0, 0.05) is 5.56 Å². The fourth-order valence-corrected chi connectivity index (χ4v) is 1.20. The lowest BCUT2D eigenvalue weighted by atomic mass is 10.1. The van der Waals surface area contributed by atoms with E-state index in [2.05, 4.69) is 0 Å². The van der Waals surface area contributed by atoms with Crippen LogP contribution in [0.3, 0.4) is 0 Å². The van der Waals surface area contributed by atoms with E-state index in [1.165, 1.54) is 24.3 Å². The molecule has 0 unspecified atom stereocenters. The van der Waals surface area contributed by atoms with E-state index in [9.17, 15) is 9.18 Å². The van der Waals surface area contributed by atoms with Crippen LogP contribution in [0.2, 0.25) is 0 Å². The molecule has 0 aromatic heterocycles. The highest BCUT2D eigenvalue weighted by atomic mass is 19.1. The number of hydrogen-bond acceptors (Lipinski definition) is 3. The maximum absolute atomic E-state index is 13.4. The van der Waals surface area contributed by atoms with Gasteiger partial charge in [-0.05, 0) is 18.1 Å². The number of halogens is 1. The van der Waals surface area contributed by atoms with E-state index in [-0.39, 0.29) is 23.7 Å². The summed E-state index contributed by atoms with van der Waals surface area (Å²) in [6, 6.07) is 7.64. The van der Waals surface area contributed by atoms with Gasteiger partial charge in [0.2, 0.25) is 0 Å². The lowest BCUT2D eigenvalue weighted by Crippen LogP contribution is -2.11. The quantitative estimate of drug-likeness (QED) is 0.467. The number of carbonyl (C=O) groups is 1. The average Bonchev–Trinajstić information content (AvgIpc) is 2.35. The first-order chi connectivity index (χ1) is 8.54. The maximum atomic E-state index is 13.4. The fourth-order valence-electron chi connectivity index (χ4n) is 1.20. The number of nitrogens with zero attached hydrogens (tertiary/aromatic N) is 1. The first-order valence-electron chi connectivity index (χ1n) is 5.58. The third kappa shape index (κ3) is 4.02. The van der Waals surface area contributed by atoms with E-state index in [4.69, 9.17) is 10.00 Å². The molecule has 4 heteroatoms. The second-order valence-electron chi connectivity index (χ2n) is 4.18. The monoisotopic (exact) mass is 247 g/mol. The molecule has 0 spiro atoms. The lowest BCUT2D eigenvalue weighted by Gasteiger charge is -2.06. The summed E-state index contributed by atoms with van der Waals surface area (Å²) in [6.45, 7) is 4.01. The number of hydrogen-bond donors (Lipinski definition) is 0. The summed E-state index contributed by atoms with van der Waals surface area (Å²) in [7, 11) is 0. The number of ether oxygens (including phenoxy) is 1. The first kappa shape index (κ1) is 13.9. The van der Waals surface area contributed by atoms with Gasteiger partial charge < -0.3 is 4.74 Å². The Hall–Kier alpha value is -2.15. The van der Waals surface area contributed by atoms with Crippen molar-refractivity contribution in [2.75, 3.05) is 6.61 Å². The van der Waals surface area contributed by atoms with Crippen LogP contribution < -0.4 is 0 Å². The largest absolute Gasteiger partial charge is 0.461 e. The summed E-state index contributed by atoms with van der Waals surface area (Å²) in [6.07, 6.45) is 1.19. The highest BCUT2D eigenvalue weighted by Gasteiger charge is 2.12. The molecule has 0 heterocycles. The zero-order chi connectivity index (χ0) is 13.5. The molecule has 94 valence electrons. The number of carbonyl (C=O) groups excluding carboxylic acids is 1. The Morgan fingerprint density at radius 1 is 1.50 bits per heavy atom. The van der Waals surface area contributed by atoms with Gasteiger partial charge in [0.25, 0.3) is 0 Å². The molecule has 1 rings (SSSR count). The molecule has 0 fully saturated rings. The van der Waals surface area contributed by atoms with Gasteiger partial charge in [0.15, 0.2) is 0 Å². The predicted molar refractivity (Wildman–Crippen MR) is 65.8 cm³/mol. The number of rotatable bonds is 4. The zero-order valence-electron chi connectivity index (χ0n) is 10.3. The van der Waals surface area contributed by atoms with E-state index in [1.807, 2.05) is 13.8 Å². The summed E-state index contributed by atoms with van der Waals surface area (Å²) in [5.74, 6) is -1.03. The fraction of sp³-hybridized carbons (Fsp3) is 0.286. The molecule has 18 heavy (non-hydrogen) atoms. The van der Waals surface area contributed by atoms with Crippen LogP contribution in [-0.2, 0) is 9.53 Å². The summed E-state index contributed by atoms with van der Waals surface area (Å²) >= 11 is 0. The van der Waals surface area contributed by atoms with Crippen molar-refractivity contribution in [2.45, 2.75) is 13.8 Å². The van der Waals surface area contributed by atoms with Crippen LogP contribution in [0.5, 0.6) is 0 Å². The molecule has 0 saturated heterocycles. The standard InChI is InChI=1S/C14H14FNO2/c1-10(2)9-18-14(17)12(8-16)7-11-5-3-4-6-13(11)15/h3-7,10H,9H2,1-2H3. The van der Waals surface area contributed by atoms with Crippen molar-refractivity contribution in [3.8, 4) is 6.07 Å². The Morgan fingerprint density at radius 2 is 2.17 bits per heavy atom. The lowest BCUT2D eigenvalue weighted by molar-refractivity contribution is -0.139. The highest BCUT2D eigenvalue weighted by Crippen LogP contribution is 2.12. The maximum Gasteiger partial charge on any atom is 0.348 e. The van der Waals surface area contributed by atoms with Gasteiger partial charge in [-0.25, -0.2) is 9.18 Å². The Balaban J connectivity index is 2.87. The van der Waals surface area contributed by atoms with Crippen LogP contribution in [0.25, 0.3) is 6.08 Å². The average molecular weight is 247 g/mol. The van der Waals surface area contributed by atoms with Crippen LogP contribution in [-0.4, -0.2) is 12.6 Å². The molecular formula is C14H14FNO2. The summed E-state index contributed by atoms with van der Waals surface area (Å²) in [5.41, 5.74) is -0.0173. The van der Waals surface area contributed by atoms with Gasteiger partial charge in [-0.2, -0.15) is 5.26 Å². The van der Waals surface area contributed by atoms with Gasteiger partial charge in [-0.3, -0.25) is 0 Å². The second-order valence-corrected chi connectivity index (χ2v) is 4.18. The number of nitriles is 1. The Kier molecular flexibility index (Phi) is 5.06. The molecule has 0 N–H and O–H groups in total. The van der Waals surface area contributed by atoms with E-state index in [1.54, 1.807) is 12.1 Å². The Bertz CT molecular complexity index is 501. The smallest absolute Gasteiger partial charge is 0.348 e. The minimum Gasteiger partial charge on any atom is -0.461 e. The zero-order valence-corrected chi connectivity index (χ0v) is 10.3. The third-order valence-electron chi connectivity index (χ3n) is 2.09. The van der Waals surface area contributed by atoms with Crippen molar-refractivity contribution in [2.24, 2.45) is 5.92 Å². The first-order valence-corrected chi connectivity index (χ1v) is 5.58. The minimum absolute atomic E-state index is 0.183. The second kappa shape index (κ2) is 6.55. The van der Waals surface area contributed by atoms with Crippen LogP contribution in [0.1, 0.15) is 19.4 Å². The Morgan fingerprint density at radius 3 is 2.72 bits per heavy atom. The number of esters is 1. The van der Waals surface area contributed by atoms with Crippen molar-refractivity contribution < 1.29 is 13.9 Å².